The van der Waals surface area contributed by atoms with Gasteiger partial charge in [0, 0.05) is 25.7 Å². The molecule has 2 aliphatic heterocycles. The molecule has 0 aromatic heterocycles. The Balaban J connectivity index is 1.63. The molecular weight excluding hydrogens is 236 g/mol. The van der Waals surface area contributed by atoms with Crippen molar-refractivity contribution in [3.63, 3.8) is 0 Å². The highest BCUT2D eigenvalue weighted by Gasteiger charge is 2.38. The van der Waals surface area contributed by atoms with Crippen LogP contribution in [0.1, 0.15) is 31.2 Å². The fraction of sp³-hybridized carbons (Fsp3) is 0.625. The van der Waals surface area contributed by atoms with E-state index in [0.717, 1.165) is 26.1 Å². The van der Waals surface area contributed by atoms with Crippen LogP contribution in [0, 0.1) is 0 Å². The topological polar surface area (TPSA) is 35.5 Å². The molecule has 2 fully saturated rings. The van der Waals surface area contributed by atoms with Crippen molar-refractivity contribution in [2.45, 2.75) is 43.9 Å². The fourth-order valence-corrected chi connectivity index (χ4v) is 3.31. The van der Waals surface area contributed by atoms with E-state index >= 15 is 0 Å². The van der Waals surface area contributed by atoms with E-state index in [1.54, 1.807) is 0 Å². The summed E-state index contributed by atoms with van der Waals surface area (Å²) in [5.41, 5.74) is 0.935. The predicted octanol–water partition coefficient (Wildman–Crippen LogP) is 1.77. The van der Waals surface area contributed by atoms with E-state index in [2.05, 4.69) is 40.5 Å². The summed E-state index contributed by atoms with van der Waals surface area (Å²) in [5, 5.41) is 13.5. The molecule has 1 aromatic rings. The van der Waals surface area contributed by atoms with E-state index in [4.69, 9.17) is 0 Å². The number of rotatable bonds is 4. The molecule has 104 valence electrons. The summed E-state index contributed by atoms with van der Waals surface area (Å²) in [5.74, 6) is 0. The van der Waals surface area contributed by atoms with Gasteiger partial charge in [-0.05, 0) is 31.4 Å². The highest BCUT2D eigenvalue weighted by molar-refractivity contribution is 5.14. The molecule has 2 heterocycles. The maximum atomic E-state index is 10.4. The summed E-state index contributed by atoms with van der Waals surface area (Å²) in [7, 11) is 0. The number of hydrogen-bond donors (Lipinski definition) is 2. The molecule has 2 aliphatic rings. The van der Waals surface area contributed by atoms with Crippen LogP contribution < -0.4 is 5.32 Å². The number of β-amino-alcohol motifs (C(OH)–C–C–N with tert-alkyl or cyclic N) is 1. The lowest BCUT2D eigenvalue weighted by Gasteiger charge is -2.44. The minimum atomic E-state index is -0.447. The Labute approximate surface area is 115 Å². The first-order valence-electron chi connectivity index (χ1n) is 7.46. The molecule has 0 bridgehead atoms. The molecular formula is C16H24N2O. The average molecular weight is 260 g/mol. The van der Waals surface area contributed by atoms with E-state index < -0.39 is 5.60 Å². The van der Waals surface area contributed by atoms with Crippen LogP contribution in [-0.2, 0) is 6.54 Å². The van der Waals surface area contributed by atoms with Crippen LogP contribution in [0.4, 0.5) is 0 Å². The molecule has 19 heavy (non-hydrogen) atoms. The summed E-state index contributed by atoms with van der Waals surface area (Å²) in [6.45, 7) is 3.73. The van der Waals surface area contributed by atoms with E-state index in [0.29, 0.717) is 6.04 Å². The second-order valence-electron chi connectivity index (χ2n) is 6.14. The Kier molecular flexibility index (Phi) is 3.87. The first-order chi connectivity index (χ1) is 9.25. The van der Waals surface area contributed by atoms with E-state index in [1.165, 1.54) is 31.4 Å². The molecule has 1 unspecified atom stereocenters. The normalized spacial score (nSPS) is 26.9. The lowest BCUT2D eigenvalue weighted by molar-refractivity contribution is -0.0458. The van der Waals surface area contributed by atoms with Crippen molar-refractivity contribution in [2.75, 3.05) is 19.6 Å². The van der Waals surface area contributed by atoms with Gasteiger partial charge < -0.3 is 10.4 Å². The quantitative estimate of drug-likeness (QED) is 0.866. The monoisotopic (exact) mass is 260 g/mol. The molecule has 2 saturated heterocycles. The van der Waals surface area contributed by atoms with Gasteiger partial charge in [-0.1, -0.05) is 36.8 Å². The highest BCUT2D eigenvalue weighted by Crippen LogP contribution is 2.28. The summed E-state index contributed by atoms with van der Waals surface area (Å²) >= 11 is 0. The molecule has 1 atom stereocenters. The zero-order chi connectivity index (χ0) is 13.1. The molecule has 0 spiro atoms. The van der Waals surface area contributed by atoms with Crippen molar-refractivity contribution in [3.05, 3.63) is 35.9 Å². The predicted molar refractivity (Wildman–Crippen MR) is 76.9 cm³/mol. The Hall–Kier alpha value is -0.900. The maximum Gasteiger partial charge on any atom is 0.0909 e. The van der Waals surface area contributed by atoms with E-state index in [9.17, 15) is 5.11 Å². The summed E-state index contributed by atoms with van der Waals surface area (Å²) < 4.78 is 0. The average Bonchev–Trinajstić information content (AvgIpc) is 2.40. The number of benzene rings is 1. The Morgan fingerprint density at radius 3 is 2.68 bits per heavy atom. The fourth-order valence-electron chi connectivity index (χ4n) is 3.31. The second-order valence-corrected chi connectivity index (χ2v) is 6.14. The Morgan fingerprint density at radius 2 is 2.00 bits per heavy atom. The number of aliphatic hydroxyl groups is 1. The zero-order valence-electron chi connectivity index (χ0n) is 11.5. The van der Waals surface area contributed by atoms with Crippen LogP contribution in [0.15, 0.2) is 30.3 Å². The second kappa shape index (κ2) is 5.61. The van der Waals surface area contributed by atoms with E-state index in [1.807, 2.05) is 0 Å². The minimum absolute atomic E-state index is 0.447. The maximum absolute atomic E-state index is 10.4. The number of nitrogens with one attached hydrogen (secondary N) is 1. The van der Waals surface area contributed by atoms with Crippen LogP contribution in [0.3, 0.4) is 0 Å². The van der Waals surface area contributed by atoms with Gasteiger partial charge >= 0.3 is 0 Å². The smallest absolute Gasteiger partial charge is 0.0909 e. The first kappa shape index (κ1) is 13.1. The molecule has 3 nitrogen and oxygen atoms in total. The Bertz CT molecular complexity index is 402. The first-order valence-corrected chi connectivity index (χ1v) is 7.46. The minimum Gasteiger partial charge on any atom is -0.387 e. The summed E-state index contributed by atoms with van der Waals surface area (Å²) in [6, 6.07) is 11.2. The Morgan fingerprint density at radius 1 is 1.21 bits per heavy atom. The van der Waals surface area contributed by atoms with Gasteiger partial charge in [0.25, 0.3) is 0 Å². The van der Waals surface area contributed by atoms with Crippen LogP contribution in [0.25, 0.3) is 0 Å². The van der Waals surface area contributed by atoms with Crippen molar-refractivity contribution in [1.82, 2.24) is 10.2 Å². The van der Waals surface area contributed by atoms with Crippen molar-refractivity contribution < 1.29 is 5.11 Å². The molecule has 2 N–H and O–H groups in total. The molecule has 0 radical (unpaired) electrons. The largest absolute Gasteiger partial charge is 0.387 e. The van der Waals surface area contributed by atoms with Crippen LogP contribution >= 0.6 is 0 Å². The van der Waals surface area contributed by atoms with Crippen molar-refractivity contribution in [1.29, 1.82) is 0 Å². The molecule has 0 saturated carbocycles. The number of hydrogen-bond acceptors (Lipinski definition) is 3. The van der Waals surface area contributed by atoms with Crippen LogP contribution in [-0.4, -0.2) is 41.3 Å². The van der Waals surface area contributed by atoms with Gasteiger partial charge in [0.05, 0.1) is 5.60 Å². The third kappa shape index (κ3) is 3.16. The number of likely N-dealkylation sites (tertiary alicyclic amines) is 1. The van der Waals surface area contributed by atoms with E-state index in [-0.39, 0.29) is 0 Å². The van der Waals surface area contributed by atoms with Gasteiger partial charge in [-0.2, -0.15) is 0 Å². The van der Waals surface area contributed by atoms with Crippen molar-refractivity contribution in [3.8, 4) is 0 Å². The van der Waals surface area contributed by atoms with Gasteiger partial charge in [-0.15, -0.1) is 0 Å². The van der Waals surface area contributed by atoms with Crippen LogP contribution in [0.5, 0.6) is 0 Å². The molecule has 1 aromatic carbocycles. The third-order valence-electron chi connectivity index (χ3n) is 4.50. The van der Waals surface area contributed by atoms with Crippen molar-refractivity contribution in [2.24, 2.45) is 0 Å². The third-order valence-corrected chi connectivity index (χ3v) is 4.50. The SMILES string of the molecule is OC1(CC2CCCCN2Cc2ccccc2)CNC1. The standard InChI is InChI=1S/C16H24N2O/c19-16(12-17-13-16)10-15-8-4-5-9-18(15)11-14-6-2-1-3-7-14/h1-3,6-7,15,17,19H,4-5,8-13H2. The molecule has 3 rings (SSSR count). The van der Waals surface area contributed by atoms with Crippen molar-refractivity contribution >= 4 is 0 Å². The lowest BCUT2D eigenvalue weighted by atomic mass is 9.85. The molecule has 0 aliphatic carbocycles. The van der Waals surface area contributed by atoms with Gasteiger partial charge in [0.2, 0.25) is 0 Å². The lowest BCUT2D eigenvalue weighted by Crippen LogP contribution is -2.62. The number of nitrogens with zero attached hydrogens (tertiary/aromatic N) is 1. The van der Waals surface area contributed by atoms with Gasteiger partial charge in [-0.3, -0.25) is 4.90 Å². The van der Waals surface area contributed by atoms with Crippen LogP contribution in [0.2, 0.25) is 0 Å². The number of piperidine rings is 1. The van der Waals surface area contributed by atoms with Gasteiger partial charge in [0.1, 0.15) is 0 Å². The summed E-state index contributed by atoms with van der Waals surface area (Å²) in [6.07, 6.45) is 4.75. The zero-order valence-corrected chi connectivity index (χ0v) is 11.5. The molecule has 3 heteroatoms. The van der Waals surface area contributed by atoms with Gasteiger partial charge in [-0.25, -0.2) is 0 Å². The highest BCUT2D eigenvalue weighted by atomic mass is 16.3. The molecule has 0 amide bonds. The summed E-state index contributed by atoms with van der Waals surface area (Å²) in [4.78, 5) is 2.56. The van der Waals surface area contributed by atoms with Gasteiger partial charge in [0.15, 0.2) is 0 Å².